The Hall–Kier alpha value is -6.58. The van der Waals surface area contributed by atoms with Crippen molar-refractivity contribution in [3.8, 4) is 11.4 Å². The molecule has 4 heterocycles. The molecule has 12 rings (SSSR count). The maximum Gasteiger partial charge on any atom is 0.0620 e. The number of fused-ring (bicyclic) bond motifs is 14. The molecule has 0 aliphatic heterocycles. The lowest BCUT2D eigenvalue weighted by Crippen LogP contribution is -1.95. The molecule has 0 amide bonds. The van der Waals surface area contributed by atoms with Gasteiger partial charge in [0.05, 0.1) is 38.6 Å². The van der Waals surface area contributed by atoms with E-state index in [1.807, 2.05) is 0 Å². The highest BCUT2D eigenvalue weighted by atomic mass is 15.0. The monoisotopic (exact) mass is 621 g/mol. The summed E-state index contributed by atoms with van der Waals surface area (Å²) in [6.07, 6.45) is 0. The highest BCUT2D eigenvalue weighted by molar-refractivity contribution is 6.28. The van der Waals surface area contributed by atoms with Gasteiger partial charge >= 0.3 is 0 Å². The van der Waals surface area contributed by atoms with Crippen LogP contribution in [0.15, 0.2) is 164 Å². The third kappa shape index (κ3) is 3.17. The van der Waals surface area contributed by atoms with E-state index in [1.54, 1.807) is 0 Å². The number of rotatable bonds is 2. The molecule has 3 nitrogen and oxygen atoms in total. The summed E-state index contributed by atoms with van der Waals surface area (Å²) < 4.78 is 7.33. The van der Waals surface area contributed by atoms with E-state index in [-0.39, 0.29) is 0 Å². The van der Waals surface area contributed by atoms with Crippen LogP contribution in [0.3, 0.4) is 0 Å². The fourth-order valence-electron chi connectivity index (χ4n) is 8.95. The van der Waals surface area contributed by atoms with Crippen molar-refractivity contribution in [3.63, 3.8) is 0 Å². The maximum atomic E-state index is 2.49. The average Bonchev–Trinajstić information content (AvgIpc) is 3.88. The van der Waals surface area contributed by atoms with Gasteiger partial charge in [-0.05, 0) is 77.5 Å². The highest BCUT2D eigenvalue weighted by Gasteiger charge is 2.21. The molecule has 0 bridgehead atoms. The summed E-state index contributed by atoms with van der Waals surface area (Å²) in [6.45, 7) is 0. The summed E-state index contributed by atoms with van der Waals surface area (Å²) in [7, 11) is 0. The summed E-state index contributed by atoms with van der Waals surface area (Å²) in [5.74, 6) is 0. The minimum Gasteiger partial charge on any atom is -0.309 e. The average molecular weight is 622 g/mol. The molecule has 0 atom stereocenters. The van der Waals surface area contributed by atoms with Crippen LogP contribution in [0.1, 0.15) is 0 Å². The number of aromatic nitrogens is 3. The van der Waals surface area contributed by atoms with Gasteiger partial charge in [0, 0.05) is 54.5 Å². The van der Waals surface area contributed by atoms with Crippen LogP contribution < -0.4 is 0 Å². The van der Waals surface area contributed by atoms with Gasteiger partial charge in [-0.25, -0.2) is 0 Å². The van der Waals surface area contributed by atoms with Gasteiger partial charge < -0.3 is 13.5 Å². The molecule has 0 radical (unpaired) electrons. The Bertz CT molecular complexity index is 3320. The SMILES string of the molecule is c1ccc(-n2c3ccccc3c3cc(-n4c5ccccc5c5c6cc7c(cc6ccc54)c4cccc5c6ccccc6n7c54)ccc32)cc1. The molecule has 0 aliphatic carbocycles. The van der Waals surface area contributed by atoms with Crippen molar-refractivity contribution >= 4 is 92.5 Å². The van der Waals surface area contributed by atoms with E-state index in [9.17, 15) is 0 Å². The molecule has 3 heteroatoms. The summed E-state index contributed by atoms with van der Waals surface area (Å²) in [6, 6.07) is 60.4. The van der Waals surface area contributed by atoms with Gasteiger partial charge in [0.1, 0.15) is 0 Å². The molecule has 226 valence electrons. The lowest BCUT2D eigenvalue weighted by atomic mass is 10.0. The van der Waals surface area contributed by atoms with Gasteiger partial charge in [-0.2, -0.15) is 0 Å². The third-order valence-electron chi connectivity index (χ3n) is 10.9. The molecular formula is C46H27N3. The van der Waals surface area contributed by atoms with Gasteiger partial charge in [-0.3, -0.25) is 0 Å². The number of benzene rings is 8. The first-order valence-electron chi connectivity index (χ1n) is 17.0. The first kappa shape index (κ1) is 25.5. The van der Waals surface area contributed by atoms with E-state index in [2.05, 4.69) is 177 Å². The van der Waals surface area contributed by atoms with Crippen molar-refractivity contribution in [2.75, 3.05) is 0 Å². The second-order valence-electron chi connectivity index (χ2n) is 13.3. The fraction of sp³-hybridized carbons (Fsp3) is 0. The second kappa shape index (κ2) is 9.06. The van der Waals surface area contributed by atoms with Gasteiger partial charge in [0.25, 0.3) is 0 Å². The zero-order valence-corrected chi connectivity index (χ0v) is 26.4. The molecule has 0 saturated heterocycles. The Balaban J connectivity index is 1.19. The van der Waals surface area contributed by atoms with Crippen molar-refractivity contribution in [1.29, 1.82) is 0 Å². The van der Waals surface area contributed by atoms with Crippen molar-refractivity contribution < 1.29 is 0 Å². The zero-order chi connectivity index (χ0) is 31.8. The Labute approximate surface area is 280 Å². The predicted octanol–water partition coefficient (Wildman–Crippen LogP) is 12.2. The van der Waals surface area contributed by atoms with Crippen LogP contribution in [0, 0.1) is 0 Å². The van der Waals surface area contributed by atoms with Crippen molar-refractivity contribution in [3.05, 3.63) is 164 Å². The third-order valence-corrected chi connectivity index (χ3v) is 10.9. The Kier molecular flexibility index (Phi) is 4.72. The first-order chi connectivity index (χ1) is 24.3. The van der Waals surface area contributed by atoms with Crippen molar-refractivity contribution in [1.82, 2.24) is 13.5 Å². The normalized spacial score (nSPS) is 12.5. The number of hydrogen-bond donors (Lipinski definition) is 0. The molecule has 0 saturated carbocycles. The molecule has 0 spiro atoms. The van der Waals surface area contributed by atoms with E-state index in [0.29, 0.717) is 0 Å². The molecule has 0 fully saturated rings. The minimum absolute atomic E-state index is 1.17. The molecule has 12 aromatic rings. The lowest BCUT2D eigenvalue weighted by molar-refractivity contribution is 1.17. The second-order valence-corrected chi connectivity index (χ2v) is 13.3. The van der Waals surface area contributed by atoms with E-state index in [0.717, 1.165) is 0 Å². The van der Waals surface area contributed by atoms with Crippen LogP contribution in [0.2, 0.25) is 0 Å². The number of para-hydroxylation sites is 5. The van der Waals surface area contributed by atoms with Crippen molar-refractivity contribution in [2.24, 2.45) is 0 Å². The molecule has 8 aromatic carbocycles. The molecule has 49 heavy (non-hydrogen) atoms. The summed E-state index contributed by atoms with van der Waals surface area (Å²) in [4.78, 5) is 0. The Morgan fingerprint density at radius 3 is 1.67 bits per heavy atom. The number of hydrogen-bond acceptors (Lipinski definition) is 0. The first-order valence-corrected chi connectivity index (χ1v) is 17.0. The van der Waals surface area contributed by atoms with Crippen LogP contribution in [-0.2, 0) is 0 Å². The van der Waals surface area contributed by atoms with Crippen LogP contribution in [0.4, 0.5) is 0 Å². The van der Waals surface area contributed by atoms with Crippen LogP contribution in [0.25, 0.3) is 104 Å². The summed E-state index contributed by atoms with van der Waals surface area (Å²) >= 11 is 0. The molecule has 0 aliphatic rings. The molecule has 0 N–H and O–H groups in total. The van der Waals surface area contributed by atoms with Crippen LogP contribution in [0.5, 0.6) is 0 Å². The Morgan fingerprint density at radius 2 is 0.857 bits per heavy atom. The number of nitrogens with zero attached hydrogens (tertiary/aromatic N) is 3. The Morgan fingerprint density at radius 1 is 0.286 bits per heavy atom. The van der Waals surface area contributed by atoms with Crippen molar-refractivity contribution in [2.45, 2.75) is 0 Å². The quantitative estimate of drug-likeness (QED) is 0.182. The largest absolute Gasteiger partial charge is 0.309 e. The molecule has 0 unspecified atom stereocenters. The van der Waals surface area contributed by atoms with Gasteiger partial charge in [-0.15, -0.1) is 0 Å². The summed E-state index contributed by atoms with van der Waals surface area (Å²) in [5.41, 5.74) is 11.0. The maximum absolute atomic E-state index is 2.49. The van der Waals surface area contributed by atoms with Gasteiger partial charge in [0.15, 0.2) is 0 Å². The minimum atomic E-state index is 1.17. The summed E-state index contributed by atoms with van der Waals surface area (Å²) in [5, 5.41) is 12.9. The predicted molar refractivity (Wildman–Crippen MR) is 207 cm³/mol. The fourth-order valence-corrected chi connectivity index (χ4v) is 8.95. The topological polar surface area (TPSA) is 14.3 Å². The molecule has 4 aromatic heterocycles. The van der Waals surface area contributed by atoms with Crippen LogP contribution >= 0.6 is 0 Å². The zero-order valence-electron chi connectivity index (χ0n) is 26.4. The molecular weight excluding hydrogens is 595 g/mol. The standard InChI is InChI=1S/C46H27N3/c1-2-11-29(12-3-1)47-39-18-7-5-14-32(39)38-26-30(22-24-42(38)47)48-41-20-9-6-15-35(41)45-36-27-44-37(25-28(36)21-23-43(45)48)34-17-10-16-33-31-13-4-8-19-40(31)49(44)46(33)34/h1-27H. The van der Waals surface area contributed by atoms with E-state index in [4.69, 9.17) is 0 Å². The van der Waals surface area contributed by atoms with E-state index in [1.165, 1.54) is 104 Å². The van der Waals surface area contributed by atoms with E-state index >= 15 is 0 Å². The van der Waals surface area contributed by atoms with Crippen LogP contribution in [-0.4, -0.2) is 13.5 Å². The van der Waals surface area contributed by atoms with Gasteiger partial charge in [-0.1, -0.05) is 97.1 Å². The lowest BCUT2D eigenvalue weighted by Gasteiger charge is -2.10. The highest BCUT2D eigenvalue weighted by Crippen LogP contribution is 2.44. The van der Waals surface area contributed by atoms with Gasteiger partial charge in [0.2, 0.25) is 0 Å². The smallest absolute Gasteiger partial charge is 0.0620 e. The van der Waals surface area contributed by atoms with E-state index < -0.39 is 0 Å².